The molecule has 23 heavy (non-hydrogen) atoms. The molecule has 1 aliphatic heterocycles. The van der Waals surface area contributed by atoms with Crippen molar-refractivity contribution in [1.29, 1.82) is 0 Å². The van der Waals surface area contributed by atoms with Crippen molar-refractivity contribution >= 4 is 12.4 Å². The smallest absolute Gasteiger partial charge is 0.0965 e. The predicted molar refractivity (Wildman–Crippen MR) is 101 cm³/mol. The molecule has 124 valence electrons. The topological polar surface area (TPSA) is 24.7 Å². The van der Waals surface area contributed by atoms with Gasteiger partial charge < -0.3 is 0 Å². The van der Waals surface area contributed by atoms with Crippen LogP contribution < -0.4 is 0 Å². The van der Waals surface area contributed by atoms with Crippen LogP contribution in [0, 0.1) is 12.1 Å². The first-order valence-electron chi connectivity index (χ1n) is 9.37. The highest BCUT2D eigenvalue weighted by molar-refractivity contribution is 6.18. The van der Waals surface area contributed by atoms with E-state index in [1.165, 1.54) is 56.9 Å². The SMILES string of the molecule is CCCCCCCCCC(CCc1ccccc1)[C+]1N=CC=N1. The minimum atomic E-state index is 0.515. The minimum absolute atomic E-state index is 0.515. The van der Waals surface area contributed by atoms with E-state index >= 15 is 0 Å². The standard InChI is InChI=1S/C21H31N2/c1-2-3-4-5-6-7-11-14-20(21-22-17-18-23-21)16-15-19-12-9-8-10-13-19/h8-10,12-13,17-18,20H,2-7,11,14-16H2,1H3/q+1. The third kappa shape index (κ3) is 7.02. The molecule has 1 atom stereocenters. The molecule has 2 rings (SSSR count). The lowest BCUT2D eigenvalue weighted by molar-refractivity contribution is 0.430. The van der Waals surface area contributed by atoms with Crippen LogP contribution >= 0.6 is 0 Å². The maximum atomic E-state index is 4.46. The number of aliphatic imine (C=N–C) groups is 2. The number of aryl methyl sites for hydroxylation is 1. The van der Waals surface area contributed by atoms with Gasteiger partial charge in [0, 0.05) is 0 Å². The summed E-state index contributed by atoms with van der Waals surface area (Å²) in [6.45, 7) is 2.27. The molecule has 1 heterocycles. The molecule has 0 saturated heterocycles. The van der Waals surface area contributed by atoms with Crippen LogP contribution in [-0.4, -0.2) is 12.4 Å². The maximum absolute atomic E-state index is 4.46. The van der Waals surface area contributed by atoms with Crippen LogP contribution in [0.4, 0.5) is 0 Å². The van der Waals surface area contributed by atoms with Crippen LogP contribution in [0.25, 0.3) is 0 Å². The van der Waals surface area contributed by atoms with E-state index in [1.807, 2.05) is 12.4 Å². The molecule has 0 N–H and O–H groups in total. The first-order chi connectivity index (χ1) is 11.4. The Morgan fingerprint density at radius 2 is 1.48 bits per heavy atom. The summed E-state index contributed by atoms with van der Waals surface area (Å²) in [5.41, 5.74) is 1.42. The molecule has 0 amide bonds. The Balaban J connectivity index is 1.70. The minimum Gasteiger partial charge on any atom is -0.0965 e. The second kappa shape index (κ2) is 11.0. The Morgan fingerprint density at radius 3 is 2.17 bits per heavy atom. The average Bonchev–Trinajstić information content (AvgIpc) is 3.12. The third-order valence-electron chi connectivity index (χ3n) is 4.63. The Labute approximate surface area is 142 Å². The molecule has 0 spiro atoms. The summed E-state index contributed by atoms with van der Waals surface area (Å²) in [6, 6.07) is 10.8. The summed E-state index contributed by atoms with van der Waals surface area (Å²) < 4.78 is 0. The molecule has 0 saturated carbocycles. The molecule has 1 aromatic carbocycles. The van der Waals surface area contributed by atoms with Crippen molar-refractivity contribution in [3.63, 3.8) is 0 Å². The molecule has 2 nitrogen and oxygen atoms in total. The van der Waals surface area contributed by atoms with Crippen LogP contribution in [0.15, 0.2) is 40.3 Å². The van der Waals surface area contributed by atoms with Gasteiger partial charge in [-0.2, -0.15) is 0 Å². The fourth-order valence-corrected chi connectivity index (χ4v) is 3.20. The van der Waals surface area contributed by atoms with Gasteiger partial charge in [0.1, 0.15) is 0 Å². The van der Waals surface area contributed by atoms with Crippen LogP contribution in [0.2, 0.25) is 0 Å². The van der Waals surface area contributed by atoms with E-state index in [0.29, 0.717) is 5.92 Å². The number of rotatable bonds is 12. The van der Waals surface area contributed by atoms with Crippen LogP contribution in [0.3, 0.4) is 0 Å². The molecular weight excluding hydrogens is 280 g/mol. The van der Waals surface area contributed by atoms with Gasteiger partial charge in [-0.1, -0.05) is 92.2 Å². The van der Waals surface area contributed by atoms with Gasteiger partial charge in [0.25, 0.3) is 0 Å². The normalized spacial score (nSPS) is 14.6. The van der Waals surface area contributed by atoms with Gasteiger partial charge in [-0.05, 0) is 24.8 Å². The number of unbranched alkanes of at least 4 members (excludes halogenated alkanes) is 6. The van der Waals surface area contributed by atoms with Crippen molar-refractivity contribution in [2.24, 2.45) is 15.9 Å². The number of nitrogens with zero attached hydrogens (tertiary/aromatic N) is 2. The lowest BCUT2D eigenvalue weighted by atomic mass is 9.91. The Kier molecular flexibility index (Phi) is 8.53. The highest BCUT2D eigenvalue weighted by atomic mass is 15.0. The zero-order valence-corrected chi connectivity index (χ0v) is 14.6. The largest absolute Gasteiger partial charge is 0.243 e. The molecule has 0 aromatic heterocycles. The van der Waals surface area contributed by atoms with Crippen molar-refractivity contribution in [3.8, 4) is 0 Å². The lowest BCUT2D eigenvalue weighted by Crippen LogP contribution is -2.09. The van der Waals surface area contributed by atoms with Gasteiger partial charge in [0.2, 0.25) is 6.17 Å². The monoisotopic (exact) mass is 311 g/mol. The number of benzene rings is 1. The summed E-state index contributed by atoms with van der Waals surface area (Å²) in [5.74, 6) is 0.515. The number of hydrogen-bond donors (Lipinski definition) is 0. The highest BCUT2D eigenvalue weighted by Gasteiger charge is 2.27. The third-order valence-corrected chi connectivity index (χ3v) is 4.63. The van der Waals surface area contributed by atoms with Crippen LogP contribution in [0.1, 0.15) is 70.3 Å². The second-order valence-electron chi connectivity index (χ2n) is 6.55. The van der Waals surface area contributed by atoms with E-state index in [1.54, 1.807) is 0 Å². The van der Waals surface area contributed by atoms with E-state index in [4.69, 9.17) is 0 Å². The Hall–Kier alpha value is -1.57. The van der Waals surface area contributed by atoms with Crippen molar-refractivity contribution in [2.45, 2.75) is 71.1 Å². The zero-order chi connectivity index (χ0) is 16.2. The summed E-state index contributed by atoms with van der Waals surface area (Å²) in [5, 5.41) is 0. The van der Waals surface area contributed by atoms with Crippen LogP contribution in [-0.2, 0) is 6.42 Å². The Bertz CT molecular complexity index is 452. The molecule has 0 fully saturated rings. The lowest BCUT2D eigenvalue weighted by Gasteiger charge is -2.14. The van der Waals surface area contributed by atoms with E-state index < -0.39 is 0 Å². The zero-order valence-electron chi connectivity index (χ0n) is 14.6. The van der Waals surface area contributed by atoms with Gasteiger partial charge in [-0.3, -0.25) is 0 Å². The summed E-state index contributed by atoms with van der Waals surface area (Å²) >= 11 is 0. The van der Waals surface area contributed by atoms with Gasteiger partial charge in [0.15, 0.2) is 12.4 Å². The molecule has 1 aromatic rings. The molecule has 1 unspecified atom stereocenters. The first-order valence-corrected chi connectivity index (χ1v) is 9.37. The summed E-state index contributed by atoms with van der Waals surface area (Å²) in [7, 11) is 0. The molecule has 0 radical (unpaired) electrons. The molecule has 1 aliphatic rings. The summed E-state index contributed by atoms with van der Waals surface area (Å²) in [6.07, 6.45) is 17.8. The van der Waals surface area contributed by atoms with E-state index in [2.05, 4.69) is 47.2 Å². The van der Waals surface area contributed by atoms with Crippen molar-refractivity contribution < 1.29 is 0 Å². The maximum Gasteiger partial charge on any atom is 0.243 e. The molecule has 0 bridgehead atoms. The highest BCUT2D eigenvalue weighted by Crippen LogP contribution is 2.29. The Morgan fingerprint density at radius 1 is 0.826 bits per heavy atom. The predicted octanol–water partition coefficient (Wildman–Crippen LogP) is 6.02. The molecule has 0 aliphatic carbocycles. The average molecular weight is 311 g/mol. The van der Waals surface area contributed by atoms with Gasteiger partial charge in [-0.25, -0.2) is 0 Å². The quantitative estimate of drug-likeness (QED) is 0.333. The molecular formula is C21H31N2+. The van der Waals surface area contributed by atoms with Crippen LogP contribution in [0.5, 0.6) is 0 Å². The van der Waals surface area contributed by atoms with E-state index in [0.717, 1.165) is 19.0 Å². The fraction of sp³-hybridized carbons (Fsp3) is 0.571. The van der Waals surface area contributed by atoms with Crippen molar-refractivity contribution in [1.82, 2.24) is 0 Å². The first kappa shape index (κ1) is 17.8. The van der Waals surface area contributed by atoms with E-state index in [-0.39, 0.29) is 0 Å². The van der Waals surface area contributed by atoms with E-state index in [9.17, 15) is 0 Å². The van der Waals surface area contributed by atoms with Gasteiger partial charge >= 0.3 is 0 Å². The van der Waals surface area contributed by atoms with Crippen molar-refractivity contribution in [3.05, 3.63) is 42.1 Å². The summed E-state index contributed by atoms with van der Waals surface area (Å²) in [4.78, 5) is 8.91. The molecule has 2 heteroatoms. The van der Waals surface area contributed by atoms with Gasteiger partial charge in [-0.15, -0.1) is 0 Å². The fourth-order valence-electron chi connectivity index (χ4n) is 3.20. The number of hydrogen-bond acceptors (Lipinski definition) is 2. The van der Waals surface area contributed by atoms with Gasteiger partial charge in [0.05, 0.1) is 5.92 Å². The van der Waals surface area contributed by atoms with Crippen molar-refractivity contribution in [2.75, 3.05) is 0 Å². The second-order valence-corrected chi connectivity index (χ2v) is 6.55.